The summed E-state index contributed by atoms with van der Waals surface area (Å²) in [5.41, 5.74) is 0.726. The molecule has 7 nitrogen and oxygen atoms in total. The van der Waals surface area contributed by atoms with Gasteiger partial charge in [0, 0.05) is 30.8 Å². The average molecular weight is 372 g/mol. The first-order chi connectivity index (χ1) is 13.1. The minimum absolute atomic E-state index is 0.00199. The summed E-state index contributed by atoms with van der Waals surface area (Å²) in [6.45, 7) is 1.22. The highest BCUT2D eigenvalue weighted by atomic mass is 16.5. The number of hydrogen-bond acceptors (Lipinski definition) is 5. The number of nitrogens with zero attached hydrogens (tertiary/aromatic N) is 2. The number of para-hydroxylation sites is 1. The van der Waals surface area contributed by atoms with Gasteiger partial charge in [0.25, 0.3) is 5.56 Å². The molecule has 27 heavy (non-hydrogen) atoms. The van der Waals surface area contributed by atoms with Gasteiger partial charge in [0.05, 0.1) is 21.3 Å². The molecule has 0 N–H and O–H groups in total. The molecule has 1 atom stereocenters. The Morgan fingerprint density at radius 1 is 1.07 bits per heavy atom. The molecule has 1 aliphatic heterocycles. The number of pyridine rings is 1. The molecular weight excluding hydrogens is 348 g/mol. The van der Waals surface area contributed by atoms with Crippen molar-refractivity contribution in [3.63, 3.8) is 0 Å². The lowest BCUT2D eigenvalue weighted by atomic mass is 9.97. The van der Waals surface area contributed by atoms with E-state index in [9.17, 15) is 9.59 Å². The van der Waals surface area contributed by atoms with Crippen LogP contribution in [0.4, 0.5) is 0 Å². The molecule has 0 bridgehead atoms. The lowest BCUT2D eigenvalue weighted by Gasteiger charge is -2.19. The van der Waals surface area contributed by atoms with E-state index in [0.717, 1.165) is 12.0 Å². The molecule has 1 fully saturated rings. The number of amides is 1. The Morgan fingerprint density at radius 2 is 1.81 bits per heavy atom. The molecule has 2 aromatic rings. The summed E-state index contributed by atoms with van der Waals surface area (Å²) in [5.74, 6) is 1.70. The number of hydrogen-bond donors (Lipinski definition) is 0. The van der Waals surface area contributed by atoms with Gasteiger partial charge < -0.3 is 23.7 Å². The Hall–Kier alpha value is -2.96. The fraction of sp³-hybridized carbons (Fsp3) is 0.400. The van der Waals surface area contributed by atoms with Crippen molar-refractivity contribution in [2.45, 2.75) is 18.9 Å². The van der Waals surface area contributed by atoms with E-state index in [2.05, 4.69) is 0 Å². The van der Waals surface area contributed by atoms with Gasteiger partial charge in [-0.3, -0.25) is 9.59 Å². The Bertz CT molecular complexity index is 877. The van der Waals surface area contributed by atoms with Gasteiger partial charge in [-0.1, -0.05) is 12.1 Å². The van der Waals surface area contributed by atoms with Crippen LogP contribution in [0.15, 0.2) is 41.3 Å². The summed E-state index contributed by atoms with van der Waals surface area (Å²) in [6, 6.07) is 9.07. The lowest BCUT2D eigenvalue weighted by Crippen LogP contribution is -2.35. The third-order valence-electron chi connectivity index (χ3n) is 4.92. The van der Waals surface area contributed by atoms with E-state index in [1.54, 1.807) is 37.4 Å². The monoisotopic (exact) mass is 372 g/mol. The number of ether oxygens (including phenoxy) is 3. The fourth-order valence-electron chi connectivity index (χ4n) is 3.51. The summed E-state index contributed by atoms with van der Waals surface area (Å²) < 4.78 is 17.3. The van der Waals surface area contributed by atoms with E-state index in [1.165, 1.54) is 11.7 Å². The van der Waals surface area contributed by atoms with Crippen molar-refractivity contribution in [2.24, 2.45) is 0 Å². The maximum Gasteiger partial charge on any atom is 0.293 e. The smallest absolute Gasteiger partial charge is 0.293 e. The zero-order chi connectivity index (χ0) is 19.4. The summed E-state index contributed by atoms with van der Waals surface area (Å²) in [5, 5.41) is 0. The molecule has 1 amide bonds. The predicted octanol–water partition coefficient (Wildman–Crippen LogP) is 1.89. The largest absolute Gasteiger partial charge is 0.493 e. The highest BCUT2D eigenvalue weighted by molar-refractivity contribution is 5.76. The Labute approximate surface area is 158 Å². The van der Waals surface area contributed by atoms with Crippen molar-refractivity contribution in [2.75, 3.05) is 34.4 Å². The van der Waals surface area contributed by atoms with E-state index in [1.807, 2.05) is 18.2 Å². The number of carbonyl (C=O) groups excluding carboxylic acids is 1. The van der Waals surface area contributed by atoms with Gasteiger partial charge in [-0.2, -0.15) is 0 Å². The molecule has 0 saturated carbocycles. The SMILES string of the molecule is COc1cccc([C@H]2CCN(C(=O)Cn3cccc(OC)c3=O)C2)c1OC. The van der Waals surface area contributed by atoms with Gasteiger partial charge in [-0.15, -0.1) is 0 Å². The molecule has 1 aromatic heterocycles. The summed E-state index contributed by atoms with van der Waals surface area (Å²) >= 11 is 0. The van der Waals surface area contributed by atoms with Crippen LogP contribution in [0, 0.1) is 0 Å². The van der Waals surface area contributed by atoms with E-state index in [4.69, 9.17) is 14.2 Å². The Balaban J connectivity index is 1.73. The van der Waals surface area contributed by atoms with Crippen molar-refractivity contribution < 1.29 is 19.0 Å². The van der Waals surface area contributed by atoms with Crippen LogP contribution in [0.1, 0.15) is 17.9 Å². The molecule has 2 heterocycles. The molecule has 0 spiro atoms. The van der Waals surface area contributed by atoms with Crippen LogP contribution in [0.2, 0.25) is 0 Å². The molecule has 1 aromatic carbocycles. The third-order valence-corrected chi connectivity index (χ3v) is 4.92. The number of methoxy groups -OCH3 is 3. The zero-order valence-corrected chi connectivity index (χ0v) is 15.8. The number of carbonyl (C=O) groups is 1. The lowest BCUT2D eigenvalue weighted by molar-refractivity contribution is -0.130. The van der Waals surface area contributed by atoms with Crippen LogP contribution >= 0.6 is 0 Å². The topological polar surface area (TPSA) is 70.0 Å². The number of rotatable bonds is 6. The molecule has 1 saturated heterocycles. The summed E-state index contributed by atoms with van der Waals surface area (Å²) in [7, 11) is 4.67. The zero-order valence-electron chi connectivity index (χ0n) is 15.8. The molecule has 1 aliphatic rings. The quantitative estimate of drug-likeness (QED) is 0.775. The van der Waals surface area contributed by atoms with Crippen LogP contribution in [0.25, 0.3) is 0 Å². The van der Waals surface area contributed by atoms with E-state index in [0.29, 0.717) is 24.6 Å². The van der Waals surface area contributed by atoms with Crippen LogP contribution in [0.3, 0.4) is 0 Å². The standard InChI is InChI=1S/C20H24N2O5/c1-25-16-7-4-6-15(19(16)27-3)14-9-11-21(12-14)18(23)13-22-10-5-8-17(26-2)20(22)24/h4-8,10,14H,9,11-13H2,1-3H3/t14-/m0/s1. The van der Waals surface area contributed by atoms with E-state index >= 15 is 0 Å². The first kappa shape index (κ1) is 18.8. The number of benzene rings is 1. The molecule has 0 aliphatic carbocycles. The Morgan fingerprint density at radius 3 is 2.52 bits per heavy atom. The van der Waals surface area contributed by atoms with Gasteiger partial charge >= 0.3 is 0 Å². The molecule has 0 unspecified atom stereocenters. The van der Waals surface area contributed by atoms with Crippen LogP contribution in [-0.2, 0) is 11.3 Å². The van der Waals surface area contributed by atoms with Crippen molar-refractivity contribution in [3.05, 3.63) is 52.4 Å². The summed E-state index contributed by atoms with van der Waals surface area (Å²) in [6.07, 6.45) is 2.43. The van der Waals surface area contributed by atoms with E-state index in [-0.39, 0.29) is 29.7 Å². The second kappa shape index (κ2) is 8.16. The molecule has 144 valence electrons. The second-order valence-electron chi connectivity index (χ2n) is 6.42. The molecule has 3 rings (SSSR count). The molecular formula is C20H24N2O5. The minimum atomic E-state index is -0.307. The van der Waals surface area contributed by atoms with Crippen molar-refractivity contribution >= 4 is 5.91 Å². The first-order valence-corrected chi connectivity index (χ1v) is 8.81. The maximum atomic E-state index is 12.7. The fourth-order valence-corrected chi connectivity index (χ4v) is 3.51. The highest BCUT2D eigenvalue weighted by Crippen LogP contribution is 2.39. The summed E-state index contributed by atoms with van der Waals surface area (Å²) in [4.78, 5) is 26.7. The minimum Gasteiger partial charge on any atom is -0.493 e. The number of likely N-dealkylation sites (tertiary alicyclic amines) is 1. The third kappa shape index (κ3) is 3.77. The van der Waals surface area contributed by atoms with Gasteiger partial charge in [0.15, 0.2) is 17.2 Å². The first-order valence-electron chi connectivity index (χ1n) is 8.81. The van der Waals surface area contributed by atoms with Crippen LogP contribution in [0.5, 0.6) is 17.2 Å². The Kier molecular flexibility index (Phi) is 5.69. The van der Waals surface area contributed by atoms with Gasteiger partial charge in [0.2, 0.25) is 5.91 Å². The second-order valence-corrected chi connectivity index (χ2v) is 6.42. The van der Waals surface area contributed by atoms with Gasteiger partial charge in [-0.05, 0) is 24.6 Å². The van der Waals surface area contributed by atoms with Crippen molar-refractivity contribution in [1.82, 2.24) is 9.47 Å². The molecule has 0 radical (unpaired) electrons. The number of aromatic nitrogens is 1. The average Bonchev–Trinajstić information content (AvgIpc) is 3.19. The normalized spacial score (nSPS) is 16.3. The van der Waals surface area contributed by atoms with Gasteiger partial charge in [0.1, 0.15) is 6.54 Å². The predicted molar refractivity (Wildman–Crippen MR) is 101 cm³/mol. The highest BCUT2D eigenvalue weighted by Gasteiger charge is 2.30. The molecule has 7 heteroatoms. The van der Waals surface area contributed by atoms with E-state index < -0.39 is 0 Å². The maximum absolute atomic E-state index is 12.7. The van der Waals surface area contributed by atoms with Crippen LogP contribution in [-0.4, -0.2) is 49.8 Å². The van der Waals surface area contributed by atoms with Crippen LogP contribution < -0.4 is 19.8 Å². The van der Waals surface area contributed by atoms with Crippen molar-refractivity contribution in [1.29, 1.82) is 0 Å². The van der Waals surface area contributed by atoms with Crippen molar-refractivity contribution in [3.8, 4) is 17.2 Å². The van der Waals surface area contributed by atoms with Gasteiger partial charge in [-0.25, -0.2) is 0 Å².